The maximum atomic E-state index is 12.8. The van der Waals surface area contributed by atoms with E-state index in [9.17, 15) is 4.79 Å². The lowest BCUT2D eigenvalue weighted by Gasteiger charge is -2.31. The van der Waals surface area contributed by atoms with Gasteiger partial charge in [0.1, 0.15) is 13.2 Å². The highest BCUT2D eigenvalue weighted by Crippen LogP contribution is 2.42. The molecule has 1 aromatic rings. The van der Waals surface area contributed by atoms with Crippen LogP contribution in [-0.2, 0) is 10.2 Å². The molecule has 1 fully saturated rings. The van der Waals surface area contributed by atoms with Crippen LogP contribution in [0.5, 0.6) is 11.5 Å². The number of rotatable bonds is 1. The van der Waals surface area contributed by atoms with Crippen LogP contribution >= 0.6 is 0 Å². The van der Waals surface area contributed by atoms with Gasteiger partial charge in [0.15, 0.2) is 11.5 Å². The fraction of sp³-hybridized carbons (Fsp3) is 0.588. The standard InChI is InChI=1S/C17H23NO4/c1-17(2,3)13-5-4-12(14-15(13)22-11-10-21-14)16(19)18-6-8-20-9-7-18/h4-5H,6-11H2,1-3H3. The van der Waals surface area contributed by atoms with Gasteiger partial charge in [-0.05, 0) is 11.5 Å². The Morgan fingerprint density at radius 3 is 2.27 bits per heavy atom. The van der Waals surface area contributed by atoms with E-state index >= 15 is 0 Å². The quantitative estimate of drug-likeness (QED) is 0.798. The lowest BCUT2D eigenvalue weighted by molar-refractivity contribution is 0.0298. The number of carbonyl (C=O) groups is 1. The van der Waals surface area contributed by atoms with E-state index in [4.69, 9.17) is 14.2 Å². The van der Waals surface area contributed by atoms with Crippen molar-refractivity contribution in [2.24, 2.45) is 0 Å². The second kappa shape index (κ2) is 5.80. The average molecular weight is 305 g/mol. The van der Waals surface area contributed by atoms with Crippen molar-refractivity contribution in [1.29, 1.82) is 0 Å². The van der Waals surface area contributed by atoms with Crippen molar-refractivity contribution in [3.63, 3.8) is 0 Å². The number of carbonyl (C=O) groups excluding carboxylic acids is 1. The van der Waals surface area contributed by atoms with Crippen molar-refractivity contribution in [3.05, 3.63) is 23.3 Å². The highest BCUT2D eigenvalue weighted by atomic mass is 16.6. The van der Waals surface area contributed by atoms with Crippen molar-refractivity contribution in [1.82, 2.24) is 4.90 Å². The third kappa shape index (κ3) is 2.77. The van der Waals surface area contributed by atoms with Crippen molar-refractivity contribution in [2.75, 3.05) is 39.5 Å². The van der Waals surface area contributed by atoms with Crippen molar-refractivity contribution < 1.29 is 19.0 Å². The van der Waals surface area contributed by atoms with Gasteiger partial charge in [0, 0.05) is 18.7 Å². The molecule has 0 unspecified atom stereocenters. The number of nitrogens with zero attached hydrogens (tertiary/aromatic N) is 1. The topological polar surface area (TPSA) is 48.0 Å². The minimum Gasteiger partial charge on any atom is -0.486 e. The summed E-state index contributed by atoms with van der Waals surface area (Å²) in [5.74, 6) is 1.30. The molecular weight excluding hydrogens is 282 g/mol. The monoisotopic (exact) mass is 305 g/mol. The lowest BCUT2D eigenvalue weighted by Crippen LogP contribution is -2.41. The molecule has 120 valence electrons. The number of benzene rings is 1. The van der Waals surface area contributed by atoms with Crippen LogP contribution in [0.3, 0.4) is 0 Å². The minimum absolute atomic E-state index is 0.00879. The van der Waals surface area contributed by atoms with Gasteiger partial charge < -0.3 is 19.1 Å². The van der Waals surface area contributed by atoms with E-state index < -0.39 is 0 Å². The minimum atomic E-state index is -0.0642. The SMILES string of the molecule is CC(C)(C)c1ccc(C(=O)N2CCOCC2)c2c1OCCO2. The summed E-state index contributed by atoms with van der Waals surface area (Å²) in [5.41, 5.74) is 1.59. The Morgan fingerprint density at radius 1 is 1.00 bits per heavy atom. The predicted octanol–water partition coefficient (Wildman–Crippen LogP) is 2.23. The number of hydrogen-bond donors (Lipinski definition) is 0. The van der Waals surface area contributed by atoms with E-state index in [2.05, 4.69) is 20.8 Å². The first-order valence-electron chi connectivity index (χ1n) is 7.78. The van der Waals surface area contributed by atoms with Gasteiger partial charge in [-0.25, -0.2) is 0 Å². The second-order valence-electron chi connectivity index (χ2n) is 6.67. The van der Waals surface area contributed by atoms with E-state index in [-0.39, 0.29) is 11.3 Å². The van der Waals surface area contributed by atoms with Gasteiger partial charge in [-0.3, -0.25) is 4.79 Å². The molecule has 0 saturated carbocycles. The van der Waals surface area contributed by atoms with Crippen LogP contribution in [0.15, 0.2) is 12.1 Å². The summed E-state index contributed by atoms with van der Waals surface area (Å²) in [5, 5.41) is 0. The van der Waals surface area contributed by atoms with E-state index in [0.717, 1.165) is 11.3 Å². The van der Waals surface area contributed by atoms with Crippen molar-refractivity contribution in [2.45, 2.75) is 26.2 Å². The molecule has 1 saturated heterocycles. The second-order valence-corrected chi connectivity index (χ2v) is 6.67. The molecule has 0 aromatic heterocycles. The Labute approximate surface area is 131 Å². The maximum absolute atomic E-state index is 12.8. The average Bonchev–Trinajstić information content (AvgIpc) is 2.53. The van der Waals surface area contributed by atoms with E-state index in [1.165, 1.54) is 0 Å². The first-order chi connectivity index (χ1) is 10.5. The molecule has 1 amide bonds. The third-order valence-corrected chi connectivity index (χ3v) is 4.02. The van der Waals surface area contributed by atoms with Crippen LogP contribution in [0.4, 0.5) is 0 Å². The van der Waals surface area contributed by atoms with E-state index in [1.54, 1.807) is 0 Å². The van der Waals surface area contributed by atoms with Crippen LogP contribution in [0.1, 0.15) is 36.7 Å². The van der Waals surface area contributed by atoms with Gasteiger partial charge >= 0.3 is 0 Å². The molecule has 5 heteroatoms. The first-order valence-corrected chi connectivity index (χ1v) is 7.78. The smallest absolute Gasteiger partial charge is 0.257 e. The number of hydrogen-bond acceptors (Lipinski definition) is 4. The van der Waals surface area contributed by atoms with Gasteiger partial charge in [-0.1, -0.05) is 26.8 Å². The highest BCUT2D eigenvalue weighted by Gasteiger charge is 2.30. The summed E-state index contributed by atoms with van der Waals surface area (Å²) in [7, 11) is 0. The zero-order chi connectivity index (χ0) is 15.7. The predicted molar refractivity (Wildman–Crippen MR) is 82.9 cm³/mol. The first kappa shape index (κ1) is 15.2. The molecule has 0 radical (unpaired) electrons. The normalized spacial score (nSPS) is 18.2. The Bertz CT molecular complexity index is 571. The molecule has 0 aliphatic carbocycles. The van der Waals surface area contributed by atoms with Crippen LogP contribution in [0.2, 0.25) is 0 Å². The Morgan fingerprint density at radius 2 is 1.64 bits per heavy atom. The Balaban J connectivity index is 2.00. The van der Waals surface area contributed by atoms with Gasteiger partial charge in [0.25, 0.3) is 5.91 Å². The largest absolute Gasteiger partial charge is 0.486 e. The Kier molecular flexibility index (Phi) is 4.00. The lowest BCUT2D eigenvalue weighted by atomic mass is 9.85. The summed E-state index contributed by atoms with van der Waals surface area (Å²) >= 11 is 0. The fourth-order valence-corrected chi connectivity index (χ4v) is 2.83. The highest BCUT2D eigenvalue weighted by molar-refractivity contribution is 5.98. The third-order valence-electron chi connectivity index (χ3n) is 4.02. The molecule has 22 heavy (non-hydrogen) atoms. The molecule has 0 spiro atoms. The number of fused-ring (bicyclic) bond motifs is 1. The fourth-order valence-electron chi connectivity index (χ4n) is 2.83. The van der Waals surface area contributed by atoms with Gasteiger partial charge in [0.05, 0.1) is 18.8 Å². The molecule has 0 N–H and O–H groups in total. The summed E-state index contributed by atoms with van der Waals surface area (Å²) in [4.78, 5) is 14.6. The number of ether oxygens (including phenoxy) is 3. The molecule has 3 rings (SSSR count). The molecule has 0 atom stereocenters. The van der Waals surface area contributed by atoms with E-state index in [1.807, 2.05) is 17.0 Å². The summed E-state index contributed by atoms with van der Waals surface area (Å²) in [6.45, 7) is 9.80. The summed E-state index contributed by atoms with van der Waals surface area (Å²) in [6.07, 6.45) is 0. The molecular formula is C17H23NO4. The molecule has 0 bridgehead atoms. The Hall–Kier alpha value is -1.75. The molecule has 2 heterocycles. The van der Waals surface area contributed by atoms with Crippen molar-refractivity contribution >= 4 is 5.91 Å². The van der Waals surface area contributed by atoms with Gasteiger partial charge in [-0.15, -0.1) is 0 Å². The van der Waals surface area contributed by atoms with Gasteiger partial charge in [0.2, 0.25) is 0 Å². The zero-order valence-electron chi connectivity index (χ0n) is 13.5. The molecule has 5 nitrogen and oxygen atoms in total. The molecule has 2 aliphatic rings. The zero-order valence-corrected chi connectivity index (χ0v) is 13.5. The van der Waals surface area contributed by atoms with Crippen molar-refractivity contribution in [3.8, 4) is 11.5 Å². The van der Waals surface area contributed by atoms with Crippen LogP contribution in [-0.4, -0.2) is 50.3 Å². The van der Waals surface area contributed by atoms with Gasteiger partial charge in [-0.2, -0.15) is 0 Å². The van der Waals surface area contributed by atoms with Crippen LogP contribution in [0, 0.1) is 0 Å². The molecule has 2 aliphatic heterocycles. The molecule has 1 aromatic carbocycles. The van der Waals surface area contributed by atoms with Crippen LogP contribution < -0.4 is 9.47 Å². The summed E-state index contributed by atoms with van der Waals surface area (Å²) in [6, 6.07) is 3.85. The van der Waals surface area contributed by atoms with E-state index in [0.29, 0.717) is 50.8 Å². The maximum Gasteiger partial charge on any atom is 0.257 e. The summed E-state index contributed by atoms with van der Waals surface area (Å²) < 4.78 is 16.9. The van der Waals surface area contributed by atoms with Crippen LogP contribution in [0.25, 0.3) is 0 Å². The number of amides is 1. The number of morpholine rings is 1.